The number of carbonyl (C=O) groups is 2. The molecule has 0 unspecified atom stereocenters. The Bertz CT molecular complexity index is 838. The quantitative estimate of drug-likeness (QED) is 0.825. The number of esters is 1. The minimum atomic E-state index is -0.551. The van der Waals surface area contributed by atoms with Crippen LogP contribution in [-0.2, 0) is 4.74 Å². The summed E-state index contributed by atoms with van der Waals surface area (Å²) < 4.78 is 10.3. The number of hydrogen-bond donors (Lipinski definition) is 1. The first kappa shape index (κ1) is 17.1. The number of urea groups is 1. The van der Waals surface area contributed by atoms with Crippen LogP contribution < -0.4 is 15.0 Å². The van der Waals surface area contributed by atoms with Crippen LogP contribution in [0.3, 0.4) is 0 Å². The summed E-state index contributed by atoms with van der Waals surface area (Å²) in [5.41, 5.74) is 2.23. The first-order valence-electron chi connectivity index (χ1n) is 7.69. The maximum absolute atomic E-state index is 12.8. The highest BCUT2D eigenvalue weighted by Gasteiger charge is 2.25. The van der Waals surface area contributed by atoms with Gasteiger partial charge in [-0.3, -0.25) is 4.90 Å². The summed E-state index contributed by atoms with van der Waals surface area (Å²) in [6.45, 7) is 2.73. The number of benzene rings is 2. The third kappa shape index (κ3) is 3.53. The van der Waals surface area contributed by atoms with Gasteiger partial charge in [0.2, 0.25) is 0 Å². The molecule has 0 atom stereocenters. The van der Waals surface area contributed by atoms with Crippen LogP contribution in [0.2, 0.25) is 5.02 Å². The largest absolute Gasteiger partial charge is 0.490 e. The van der Waals surface area contributed by atoms with Crippen LogP contribution in [0.1, 0.15) is 15.9 Å². The van der Waals surface area contributed by atoms with Gasteiger partial charge in [-0.05, 0) is 42.8 Å². The average Bonchev–Trinajstić information content (AvgIpc) is 2.60. The van der Waals surface area contributed by atoms with E-state index in [9.17, 15) is 9.59 Å². The molecule has 1 N–H and O–H groups in total. The molecular formula is C18H17ClN2O4. The maximum Gasteiger partial charge on any atom is 0.339 e. The molecule has 2 aromatic rings. The number of nitrogens with zero attached hydrogens (tertiary/aromatic N) is 1. The van der Waals surface area contributed by atoms with E-state index in [-0.39, 0.29) is 11.6 Å². The van der Waals surface area contributed by atoms with E-state index in [4.69, 9.17) is 21.1 Å². The van der Waals surface area contributed by atoms with Crippen LogP contribution in [0, 0.1) is 6.92 Å². The normalized spacial score (nSPS) is 12.8. The highest BCUT2D eigenvalue weighted by Crippen LogP contribution is 2.33. The molecule has 1 heterocycles. The Balaban J connectivity index is 1.91. The van der Waals surface area contributed by atoms with Gasteiger partial charge in [-0.25, -0.2) is 9.59 Å². The molecule has 2 aromatic carbocycles. The van der Waals surface area contributed by atoms with E-state index < -0.39 is 5.97 Å². The highest BCUT2D eigenvalue weighted by molar-refractivity contribution is 6.31. The van der Waals surface area contributed by atoms with Crippen LogP contribution in [0.4, 0.5) is 16.2 Å². The van der Waals surface area contributed by atoms with Crippen molar-refractivity contribution >= 4 is 35.0 Å². The Morgan fingerprint density at radius 2 is 2.04 bits per heavy atom. The second kappa shape index (κ2) is 7.03. The van der Waals surface area contributed by atoms with Crippen molar-refractivity contribution in [3.05, 3.63) is 52.5 Å². The maximum atomic E-state index is 12.8. The molecule has 0 saturated carbocycles. The van der Waals surface area contributed by atoms with Gasteiger partial charge in [0, 0.05) is 5.02 Å². The number of amides is 2. The van der Waals surface area contributed by atoms with Crippen molar-refractivity contribution in [3.8, 4) is 5.75 Å². The van der Waals surface area contributed by atoms with Crippen molar-refractivity contribution in [2.75, 3.05) is 30.5 Å². The Morgan fingerprint density at radius 3 is 2.80 bits per heavy atom. The summed E-state index contributed by atoms with van der Waals surface area (Å²) >= 11 is 6.00. The van der Waals surface area contributed by atoms with E-state index in [0.717, 1.165) is 5.56 Å². The van der Waals surface area contributed by atoms with Crippen LogP contribution >= 0.6 is 11.6 Å². The van der Waals surface area contributed by atoms with Crippen LogP contribution in [-0.4, -0.2) is 32.3 Å². The lowest BCUT2D eigenvalue weighted by atomic mass is 10.1. The van der Waals surface area contributed by atoms with Gasteiger partial charge in [0.1, 0.15) is 12.4 Å². The molecule has 0 aromatic heterocycles. The number of ether oxygens (including phenoxy) is 2. The van der Waals surface area contributed by atoms with Gasteiger partial charge >= 0.3 is 12.0 Å². The van der Waals surface area contributed by atoms with Gasteiger partial charge in [-0.1, -0.05) is 17.7 Å². The molecule has 6 nitrogen and oxygen atoms in total. The third-order valence-corrected chi connectivity index (χ3v) is 4.09. The Kier molecular flexibility index (Phi) is 4.81. The zero-order chi connectivity index (χ0) is 18.0. The highest BCUT2D eigenvalue weighted by atomic mass is 35.5. The Morgan fingerprint density at radius 1 is 1.24 bits per heavy atom. The molecule has 0 fully saturated rings. The molecule has 130 valence electrons. The molecule has 1 aliphatic rings. The number of methoxy groups -OCH3 is 1. The number of halogens is 1. The molecular weight excluding hydrogens is 344 g/mol. The standard InChI is InChI=1S/C18H17ClN2O4/c1-11-3-6-16-15(9-11)21(7-8-25-16)18(23)20-14-10-12(19)4-5-13(14)17(22)24-2/h3-6,9-10H,7-8H2,1-2H3,(H,20,23). The van der Waals surface area contributed by atoms with E-state index >= 15 is 0 Å². The second-order valence-corrected chi connectivity index (χ2v) is 6.02. The van der Waals surface area contributed by atoms with E-state index in [1.807, 2.05) is 25.1 Å². The molecule has 3 rings (SSSR count). The van der Waals surface area contributed by atoms with Crippen molar-refractivity contribution < 1.29 is 19.1 Å². The number of hydrogen-bond acceptors (Lipinski definition) is 4. The summed E-state index contributed by atoms with van der Waals surface area (Å²) in [5, 5.41) is 3.15. The SMILES string of the molecule is COC(=O)c1ccc(Cl)cc1NC(=O)N1CCOc2ccc(C)cc21. The molecule has 0 radical (unpaired) electrons. The fourth-order valence-electron chi connectivity index (χ4n) is 2.63. The number of fused-ring (bicyclic) bond motifs is 1. The Labute approximate surface area is 150 Å². The lowest BCUT2D eigenvalue weighted by Gasteiger charge is -2.30. The lowest BCUT2D eigenvalue weighted by molar-refractivity contribution is 0.0602. The Hall–Kier alpha value is -2.73. The van der Waals surface area contributed by atoms with E-state index in [1.165, 1.54) is 19.2 Å². The fraction of sp³-hybridized carbons (Fsp3) is 0.222. The summed E-state index contributed by atoms with van der Waals surface area (Å²) in [5.74, 6) is 0.0940. The summed E-state index contributed by atoms with van der Waals surface area (Å²) in [4.78, 5) is 26.3. The van der Waals surface area contributed by atoms with Crippen LogP contribution in [0.15, 0.2) is 36.4 Å². The molecule has 2 amide bonds. The van der Waals surface area contributed by atoms with Gasteiger partial charge in [-0.15, -0.1) is 0 Å². The van der Waals surface area contributed by atoms with Crippen molar-refractivity contribution in [1.82, 2.24) is 0 Å². The topological polar surface area (TPSA) is 67.9 Å². The van der Waals surface area contributed by atoms with E-state index in [1.54, 1.807) is 11.0 Å². The lowest BCUT2D eigenvalue weighted by Crippen LogP contribution is -2.41. The van der Waals surface area contributed by atoms with Gasteiger partial charge in [0.15, 0.2) is 0 Å². The minimum Gasteiger partial charge on any atom is -0.490 e. The summed E-state index contributed by atoms with van der Waals surface area (Å²) in [7, 11) is 1.28. The van der Waals surface area contributed by atoms with Gasteiger partial charge in [-0.2, -0.15) is 0 Å². The number of rotatable bonds is 2. The van der Waals surface area contributed by atoms with Gasteiger partial charge in [0.25, 0.3) is 0 Å². The van der Waals surface area contributed by atoms with Crippen molar-refractivity contribution in [2.45, 2.75) is 6.92 Å². The average molecular weight is 361 g/mol. The monoisotopic (exact) mass is 360 g/mol. The number of aryl methyl sites for hydroxylation is 1. The van der Waals surface area contributed by atoms with Gasteiger partial charge in [0.05, 0.1) is 30.6 Å². The van der Waals surface area contributed by atoms with Crippen molar-refractivity contribution in [2.24, 2.45) is 0 Å². The molecule has 7 heteroatoms. The number of carbonyl (C=O) groups excluding carboxylic acids is 2. The first-order chi connectivity index (χ1) is 12.0. The molecule has 0 spiro atoms. The molecule has 0 bridgehead atoms. The summed E-state index contributed by atoms with van der Waals surface area (Å²) in [6.07, 6.45) is 0. The zero-order valence-corrected chi connectivity index (χ0v) is 14.6. The fourth-order valence-corrected chi connectivity index (χ4v) is 2.80. The zero-order valence-electron chi connectivity index (χ0n) is 13.8. The first-order valence-corrected chi connectivity index (χ1v) is 8.07. The van der Waals surface area contributed by atoms with Gasteiger partial charge < -0.3 is 14.8 Å². The molecule has 1 aliphatic heterocycles. The second-order valence-electron chi connectivity index (χ2n) is 5.58. The minimum absolute atomic E-state index is 0.234. The predicted molar refractivity (Wildman–Crippen MR) is 95.8 cm³/mol. The van der Waals surface area contributed by atoms with E-state index in [0.29, 0.717) is 35.3 Å². The third-order valence-electron chi connectivity index (χ3n) is 3.85. The summed E-state index contributed by atoms with van der Waals surface area (Å²) in [6, 6.07) is 9.87. The molecule has 0 saturated heterocycles. The van der Waals surface area contributed by atoms with Crippen LogP contribution in [0.5, 0.6) is 5.75 Å². The molecule has 25 heavy (non-hydrogen) atoms. The van der Waals surface area contributed by atoms with Crippen molar-refractivity contribution in [3.63, 3.8) is 0 Å². The van der Waals surface area contributed by atoms with E-state index in [2.05, 4.69) is 5.32 Å². The van der Waals surface area contributed by atoms with Crippen LogP contribution in [0.25, 0.3) is 0 Å². The van der Waals surface area contributed by atoms with Crippen molar-refractivity contribution in [1.29, 1.82) is 0 Å². The molecule has 0 aliphatic carbocycles. The number of anilines is 2. The number of nitrogens with one attached hydrogen (secondary N) is 1. The predicted octanol–water partition coefficient (Wildman–Crippen LogP) is 3.87. The smallest absolute Gasteiger partial charge is 0.339 e.